The maximum atomic E-state index is 5.72. The standard InChI is InChI=1S/C12H19BrN2O/c1-3-4-5-14-7-10(2)16-12-6-11(13)8-15-9-12/h6,8-10,14H,3-5,7H2,1-2H3. The zero-order valence-electron chi connectivity index (χ0n) is 9.87. The van der Waals surface area contributed by atoms with Crippen LogP contribution in [0.2, 0.25) is 0 Å². The first kappa shape index (κ1) is 13.5. The smallest absolute Gasteiger partial charge is 0.139 e. The minimum atomic E-state index is 0.160. The van der Waals surface area contributed by atoms with Gasteiger partial charge in [0.2, 0.25) is 0 Å². The third kappa shape index (κ3) is 5.47. The van der Waals surface area contributed by atoms with E-state index >= 15 is 0 Å². The Bertz CT molecular complexity index is 307. The van der Waals surface area contributed by atoms with Crippen molar-refractivity contribution in [1.29, 1.82) is 0 Å². The van der Waals surface area contributed by atoms with Crippen LogP contribution in [0.4, 0.5) is 0 Å². The largest absolute Gasteiger partial charge is 0.488 e. The highest BCUT2D eigenvalue weighted by molar-refractivity contribution is 9.10. The lowest BCUT2D eigenvalue weighted by atomic mass is 10.3. The molecular formula is C12H19BrN2O. The molecule has 0 spiro atoms. The molecular weight excluding hydrogens is 268 g/mol. The summed E-state index contributed by atoms with van der Waals surface area (Å²) in [6.45, 7) is 6.17. The van der Waals surface area contributed by atoms with E-state index in [4.69, 9.17) is 4.74 Å². The number of rotatable bonds is 7. The van der Waals surface area contributed by atoms with Gasteiger partial charge in [0.05, 0.1) is 6.20 Å². The molecule has 1 atom stereocenters. The van der Waals surface area contributed by atoms with Crippen LogP contribution in [0.3, 0.4) is 0 Å². The van der Waals surface area contributed by atoms with Crippen molar-refractivity contribution in [2.24, 2.45) is 0 Å². The van der Waals surface area contributed by atoms with Crippen LogP contribution < -0.4 is 10.1 Å². The number of hydrogen-bond acceptors (Lipinski definition) is 3. The number of nitrogens with zero attached hydrogens (tertiary/aromatic N) is 1. The molecule has 0 radical (unpaired) electrons. The summed E-state index contributed by atoms with van der Waals surface area (Å²) in [5.41, 5.74) is 0. The third-order valence-electron chi connectivity index (χ3n) is 2.16. The first-order valence-electron chi connectivity index (χ1n) is 5.70. The predicted octanol–water partition coefficient (Wildman–Crippen LogP) is 3.00. The second kappa shape index (κ2) is 7.63. The molecule has 0 aliphatic carbocycles. The molecule has 1 aromatic heterocycles. The van der Waals surface area contributed by atoms with Crippen molar-refractivity contribution in [3.8, 4) is 5.75 Å². The molecule has 0 aromatic carbocycles. The molecule has 1 N–H and O–H groups in total. The second-order valence-corrected chi connectivity index (χ2v) is 4.74. The normalized spacial score (nSPS) is 12.4. The Morgan fingerprint density at radius 1 is 1.50 bits per heavy atom. The summed E-state index contributed by atoms with van der Waals surface area (Å²) < 4.78 is 6.66. The Balaban J connectivity index is 2.25. The van der Waals surface area contributed by atoms with Gasteiger partial charge in [-0.3, -0.25) is 4.98 Å². The number of aromatic nitrogens is 1. The van der Waals surface area contributed by atoms with Crippen LogP contribution in [0.15, 0.2) is 22.9 Å². The number of nitrogens with one attached hydrogen (secondary N) is 1. The molecule has 1 aromatic rings. The van der Waals surface area contributed by atoms with Gasteiger partial charge in [-0.15, -0.1) is 0 Å². The van der Waals surface area contributed by atoms with Crippen LogP contribution in [0.5, 0.6) is 5.75 Å². The fourth-order valence-corrected chi connectivity index (χ4v) is 1.68. The molecule has 0 fully saturated rings. The fourth-order valence-electron chi connectivity index (χ4n) is 1.34. The van der Waals surface area contributed by atoms with E-state index in [0.29, 0.717) is 0 Å². The molecule has 0 bridgehead atoms. The fraction of sp³-hybridized carbons (Fsp3) is 0.583. The lowest BCUT2D eigenvalue weighted by molar-refractivity contribution is 0.216. The molecule has 1 unspecified atom stereocenters. The lowest BCUT2D eigenvalue weighted by Crippen LogP contribution is -2.29. The molecule has 4 heteroatoms. The Labute approximate surface area is 106 Å². The maximum absolute atomic E-state index is 5.72. The van der Waals surface area contributed by atoms with Crippen molar-refractivity contribution in [1.82, 2.24) is 10.3 Å². The van der Waals surface area contributed by atoms with Gasteiger partial charge in [-0.1, -0.05) is 13.3 Å². The van der Waals surface area contributed by atoms with E-state index in [2.05, 4.69) is 40.1 Å². The molecule has 1 heterocycles. The van der Waals surface area contributed by atoms with Crippen molar-refractivity contribution in [3.63, 3.8) is 0 Å². The number of pyridine rings is 1. The molecule has 0 aliphatic rings. The van der Waals surface area contributed by atoms with Gasteiger partial charge < -0.3 is 10.1 Å². The summed E-state index contributed by atoms with van der Waals surface area (Å²) in [6, 6.07) is 1.93. The summed E-state index contributed by atoms with van der Waals surface area (Å²) in [6.07, 6.45) is 6.07. The van der Waals surface area contributed by atoms with Crippen LogP contribution in [-0.2, 0) is 0 Å². The predicted molar refractivity (Wildman–Crippen MR) is 69.8 cm³/mol. The molecule has 0 saturated carbocycles. The highest BCUT2D eigenvalue weighted by Crippen LogP contribution is 2.16. The van der Waals surface area contributed by atoms with Gasteiger partial charge in [-0.2, -0.15) is 0 Å². The van der Waals surface area contributed by atoms with E-state index in [-0.39, 0.29) is 6.10 Å². The third-order valence-corrected chi connectivity index (χ3v) is 2.59. The average molecular weight is 287 g/mol. The van der Waals surface area contributed by atoms with Crippen molar-refractivity contribution < 1.29 is 4.74 Å². The van der Waals surface area contributed by atoms with Gasteiger partial charge in [0, 0.05) is 17.2 Å². The molecule has 90 valence electrons. The Kier molecular flexibility index (Phi) is 6.42. The SMILES string of the molecule is CCCCNCC(C)Oc1cncc(Br)c1. The second-order valence-electron chi connectivity index (χ2n) is 3.83. The quantitative estimate of drug-likeness (QED) is 0.783. The van der Waals surface area contributed by atoms with E-state index in [1.165, 1.54) is 12.8 Å². The zero-order valence-corrected chi connectivity index (χ0v) is 11.5. The van der Waals surface area contributed by atoms with E-state index < -0.39 is 0 Å². The first-order valence-corrected chi connectivity index (χ1v) is 6.49. The summed E-state index contributed by atoms with van der Waals surface area (Å²) in [5.74, 6) is 0.805. The molecule has 0 aliphatic heterocycles. The van der Waals surface area contributed by atoms with E-state index in [9.17, 15) is 0 Å². The molecule has 3 nitrogen and oxygen atoms in total. The Morgan fingerprint density at radius 3 is 3.00 bits per heavy atom. The minimum absolute atomic E-state index is 0.160. The van der Waals surface area contributed by atoms with Gasteiger partial charge >= 0.3 is 0 Å². The summed E-state index contributed by atoms with van der Waals surface area (Å²) >= 11 is 3.37. The van der Waals surface area contributed by atoms with Gasteiger partial charge in [0.25, 0.3) is 0 Å². The topological polar surface area (TPSA) is 34.1 Å². The van der Waals surface area contributed by atoms with Gasteiger partial charge in [-0.25, -0.2) is 0 Å². The monoisotopic (exact) mass is 286 g/mol. The number of halogens is 1. The highest BCUT2D eigenvalue weighted by Gasteiger charge is 2.03. The average Bonchev–Trinajstić information content (AvgIpc) is 2.24. The van der Waals surface area contributed by atoms with Crippen LogP contribution >= 0.6 is 15.9 Å². The first-order chi connectivity index (χ1) is 7.72. The minimum Gasteiger partial charge on any atom is -0.488 e. The van der Waals surface area contributed by atoms with Gasteiger partial charge in [0.15, 0.2) is 0 Å². The summed E-state index contributed by atoms with van der Waals surface area (Å²) in [5, 5.41) is 3.36. The molecule has 0 amide bonds. The number of ether oxygens (including phenoxy) is 1. The van der Waals surface area contributed by atoms with Crippen molar-refractivity contribution in [2.75, 3.05) is 13.1 Å². The van der Waals surface area contributed by atoms with E-state index in [1.807, 2.05) is 6.07 Å². The molecule has 16 heavy (non-hydrogen) atoms. The van der Waals surface area contributed by atoms with Gasteiger partial charge in [0.1, 0.15) is 11.9 Å². The summed E-state index contributed by atoms with van der Waals surface area (Å²) in [7, 11) is 0. The van der Waals surface area contributed by atoms with Crippen LogP contribution in [0.25, 0.3) is 0 Å². The van der Waals surface area contributed by atoms with Crippen LogP contribution in [0.1, 0.15) is 26.7 Å². The van der Waals surface area contributed by atoms with E-state index in [1.54, 1.807) is 12.4 Å². The highest BCUT2D eigenvalue weighted by atomic mass is 79.9. The van der Waals surface area contributed by atoms with Crippen LogP contribution in [0, 0.1) is 0 Å². The van der Waals surface area contributed by atoms with Gasteiger partial charge in [-0.05, 0) is 41.9 Å². The lowest BCUT2D eigenvalue weighted by Gasteiger charge is -2.15. The number of unbranched alkanes of at least 4 members (excludes halogenated alkanes) is 1. The number of hydrogen-bond donors (Lipinski definition) is 1. The van der Waals surface area contributed by atoms with Crippen LogP contribution in [-0.4, -0.2) is 24.2 Å². The Morgan fingerprint density at radius 2 is 2.31 bits per heavy atom. The Hall–Kier alpha value is -0.610. The van der Waals surface area contributed by atoms with Crippen molar-refractivity contribution in [3.05, 3.63) is 22.9 Å². The van der Waals surface area contributed by atoms with Crippen molar-refractivity contribution >= 4 is 15.9 Å². The summed E-state index contributed by atoms with van der Waals surface area (Å²) in [4.78, 5) is 4.05. The zero-order chi connectivity index (χ0) is 11.8. The van der Waals surface area contributed by atoms with E-state index in [0.717, 1.165) is 23.3 Å². The maximum Gasteiger partial charge on any atom is 0.139 e. The van der Waals surface area contributed by atoms with Crippen molar-refractivity contribution in [2.45, 2.75) is 32.8 Å². The molecule has 0 saturated heterocycles. The molecule has 1 rings (SSSR count).